The van der Waals surface area contributed by atoms with Crippen LogP contribution in [0.3, 0.4) is 0 Å². The van der Waals surface area contributed by atoms with E-state index in [1.54, 1.807) is 6.92 Å². The number of esters is 3. The highest BCUT2D eigenvalue weighted by molar-refractivity contribution is 5.86. The Labute approximate surface area is 172 Å². The van der Waals surface area contributed by atoms with Gasteiger partial charge >= 0.3 is 23.9 Å². The van der Waals surface area contributed by atoms with Gasteiger partial charge in [0.05, 0.1) is 20.3 Å². The number of unbranched alkanes of at least 4 members (excludes halogenated alkanes) is 1. The Kier molecular flexibility index (Phi) is 31.1. The molecule has 0 aromatic rings. The van der Waals surface area contributed by atoms with Crippen LogP contribution in [-0.4, -0.2) is 61.0 Å². The summed E-state index contributed by atoms with van der Waals surface area (Å²) in [5, 5.41) is 15.7. The Morgan fingerprint density at radius 1 is 0.931 bits per heavy atom. The maximum absolute atomic E-state index is 10.3. The van der Waals surface area contributed by atoms with Crippen molar-refractivity contribution in [2.45, 2.75) is 26.7 Å². The lowest BCUT2D eigenvalue weighted by atomic mass is 10.4. The highest BCUT2D eigenvalue weighted by Gasteiger charge is 1.95. The molecule has 0 bridgehead atoms. The fourth-order valence-electron chi connectivity index (χ4n) is 0.755. The SMILES string of the molecule is C=C(C)C(=O)OC.C=CC(=O)O.C=CC(=O)OCCCC.C=CC(=O)OCCO. The van der Waals surface area contributed by atoms with Crippen molar-refractivity contribution in [3.05, 3.63) is 50.1 Å². The molecular weight excluding hydrogens is 384 g/mol. The Morgan fingerprint density at radius 2 is 1.34 bits per heavy atom. The molecule has 166 valence electrons. The lowest BCUT2D eigenvalue weighted by Crippen LogP contribution is -2.04. The van der Waals surface area contributed by atoms with Crippen LogP contribution in [-0.2, 0) is 33.4 Å². The van der Waals surface area contributed by atoms with Gasteiger partial charge in [-0.05, 0) is 13.3 Å². The van der Waals surface area contributed by atoms with E-state index in [0.29, 0.717) is 12.2 Å². The van der Waals surface area contributed by atoms with E-state index in [9.17, 15) is 19.2 Å². The summed E-state index contributed by atoms with van der Waals surface area (Å²) in [5.74, 6) is -2.16. The first-order valence-corrected chi connectivity index (χ1v) is 8.36. The Balaban J connectivity index is -0.000000147. The van der Waals surface area contributed by atoms with Gasteiger partial charge in [-0.2, -0.15) is 0 Å². The van der Waals surface area contributed by atoms with Crippen molar-refractivity contribution in [2.24, 2.45) is 0 Å². The van der Waals surface area contributed by atoms with Crippen LogP contribution in [0.1, 0.15) is 26.7 Å². The van der Waals surface area contributed by atoms with E-state index < -0.39 is 11.9 Å². The first-order chi connectivity index (χ1) is 13.6. The monoisotopic (exact) mass is 416 g/mol. The van der Waals surface area contributed by atoms with Crippen molar-refractivity contribution in [1.82, 2.24) is 0 Å². The van der Waals surface area contributed by atoms with E-state index >= 15 is 0 Å². The van der Waals surface area contributed by atoms with Crippen LogP contribution < -0.4 is 0 Å². The second kappa shape index (κ2) is 27.0. The Morgan fingerprint density at radius 3 is 1.55 bits per heavy atom. The molecular formula is C20H32O9. The van der Waals surface area contributed by atoms with Gasteiger partial charge < -0.3 is 24.4 Å². The van der Waals surface area contributed by atoms with Crippen molar-refractivity contribution in [1.29, 1.82) is 0 Å². The zero-order chi connectivity index (χ0) is 23.7. The van der Waals surface area contributed by atoms with E-state index in [4.69, 9.17) is 10.2 Å². The molecule has 29 heavy (non-hydrogen) atoms. The molecule has 9 heteroatoms. The minimum atomic E-state index is -0.981. The van der Waals surface area contributed by atoms with Gasteiger partial charge in [-0.3, -0.25) is 0 Å². The number of rotatable bonds is 9. The standard InChI is InChI=1S/C7H12O2.C5H8O3.C5H8O2.C3H4O2/c1-3-5-6-9-7(8)4-2;1-2-5(7)8-4-3-6;1-4(2)5(6)7-3;1-2-3(4)5/h4H,2-3,5-6H2,1H3;2,6H,1,3-4H2;1H2,2-3H3;2H,1H2,(H,4,5). The zero-order valence-corrected chi connectivity index (χ0v) is 17.3. The number of methoxy groups -OCH3 is 1. The number of hydrogen-bond acceptors (Lipinski definition) is 8. The molecule has 9 nitrogen and oxygen atoms in total. The average molecular weight is 416 g/mol. The van der Waals surface area contributed by atoms with Gasteiger partial charge in [0.25, 0.3) is 0 Å². The van der Waals surface area contributed by atoms with Crippen LogP contribution in [0.4, 0.5) is 0 Å². The minimum Gasteiger partial charge on any atom is -0.478 e. The van der Waals surface area contributed by atoms with E-state index in [2.05, 4.69) is 40.5 Å². The third-order valence-corrected chi connectivity index (χ3v) is 2.12. The maximum atomic E-state index is 10.3. The number of aliphatic hydroxyl groups is 1. The normalized spacial score (nSPS) is 7.86. The molecule has 0 aliphatic carbocycles. The van der Waals surface area contributed by atoms with Crippen LogP contribution in [0.25, 0.3) is 0 Å². The molecule has 0 spiro atoms. The summed E-state index contributed by atoms with van der Waals surface area (Å²) in [7, 11) is 1.33. The van der Waals surface area contributed by atoms with Gasteiger partial charge in [0.15, 0.2) is 0 Å². The van der Waals surface area contributed by atoms with Gasteiger partial charge in [0, 0.05) is 23.8 Å². The first kappa shape index (κ1) is 33.4. The molecule has 0 saturated carbocycles. The van der Waals surface area contributed by atoms with Crippen LogP contribution >= 0.6 is 0 Å². The molecule has 0 aliphatic heterocycles. The summed E-state index contributed by atoms with van der Waals surface area (Å²) in [5.41, 5.74) is 0.433. The van der Waals surface area contributed by atoms with Gasteiger partial charge in [-0.15, -0.1) is 0 Å². The summed E-state index contributed by atoms with van der Waals surface area (Å²) in [6.45, 7) is 16.8. The molecule has 0 heterocycles. The molecule has 0 atom stereocenters. The molecule has 0 rings (SSSR count). The molecule has 0 aromatic carbocycles. The number of carbonyl (C=O) groups is 4. The number of hydrogen-bond donors (Lipinski definition) is 2. The van der Waals surface area contributed by atoms with Crippen LogP contribution in [0, 0.1) is 0 Å². The molecule has 0 unspecified atom stereocenters. The average Bonchev–Trinajstić information content (AvgIpc) is 2.72. The number of ether oxygens (including phenoxy) is 3. The molecule has 0 radical (unpaired) electrons. The fraction of sp³-hybridized carbons (Fsp3) is 0.400. The van der Waals surface area contributed by atoms with Gasteiger partial charge in [-0.25, -0.2) is 19.2 Å². The number of carbonyl (C=O) groups excluding carboxylic acids is 3. The van der Waals surface area contributed by atoms with E-state index in [-0.39, 0.29) is 25.2 Å². The number of carboxylic acids is 1. The van der Waals surface area contributed by atoms with Crippen LogP contribution in [0.5, 0.6) is 0 Å². The largest absolute Gasteiger partial charge is 0.478 e. The highest BCUT2D eigenvalue weighted by Crippen LogP contribution is 1.88. The predicted octanol–water partition coefficient (Wildman–Crippen LogP) is 2.22. The lowest BCUT2D eigenvalue weighted by Gasteiger charge is -1.97. The lowest BCUT2D eigenvalue weighted by molar-refractivity contribution is -0.139. The molecule has 0 aromatic heterocycles. The number of aliphatic hydroxyl groups excluding tert-OH is 1. The topological polar surface area (TPSA) is 136 Å². The van der Waals surface area contributed by atoms with E-state index in [0.717, 1.165) is 25.0 Å². The quantitative estimate of drug-likeness (QED) is 0.251. The maximum Gasteiger partial charge on any atom is 0.332 e. The van der Waals surface area contributed by atoms with Crippen LogP contribution in [0.2, 0.25) is 0 Å². The van der Waals surface area contributed by atoms with Crippen molar-refractivity contribution >= 4 is 23.9 Å². The number of aliphatic carboxylic acids is 1. The molecule has 0 fully saturated rings. The summed E-state index contributed by atoms with van der Waals surface area (Å²) < 4.78 is 13.3. The first-order valence-electron chi connectivity index (χ1n) is 8.36. The second-order valence-corrected chi connectivity index (χ2v) is 4.63. The second-order valence-electron chi connectivity index (χ2n) is 4.63. The van der Waals surface area contributed by atoms with Crippen molar-refractivity contribution in [3.8, 4) is 0 Å². The van der Waals surface area contributed by atoms with E-state index in [1.165, 1.54) is 13.2 Å². The summed E-state index contributed by atoms with van der Waals surface area (Å²) >= 11 is 0. The molecule has 0 aliphatic rings. The summed E-state index contributed by atoms with van der Waals surface area (Å²) in [4.78, 5) is 39.9. The third-order valence-electron chi connectivity index (χ3n) is 2.12. The smallest absolute Gasteiger partial charge is 0.332 e. The Hall–Kier alpha value is -3.20. The van der Waals surface area contributed by atoms with Gasteiger partial charge in [0.1, 0.15) is 6.61 Å². The predicted molar refractivity (Wildman–Crippen MR) is 109 cm³/mol. The van der Waals surface area contributed by atoms with Gasteiger partial charge in [0.2, 0.25) is 0 Å². The van der Waals surface area contributed by atoms with Crippen molar-refractivity contribution < 1.29 is 43.6 Å². The number of carboxylic acid groups (broad SMARTS) is 1. The molecule has 0 saturated heterocycles. The fourth-order valence-corrected chi connectivity index (χ4v) is 0.755. The zero-order valence-electron chi connectivity index (χ0n) is 17.3. The van der Waals surface area contributed by atoms with E-state index in [1.807, 2.05) is 6.92 Å². The third kappa shape index (κ3) is 40.7. The summed E-state index contributed by atoms with van der Waals surface area (Å²) in [6, 6.07) is 0. The molecule has 2 N–H and O–H groups in total. The van der Waals surface area contributed by atoms with Crippen LogP contribution in [0.15, 0.2) is 50.1 Å². The van der Waals surface area contributed by atoms with Crippen molar-refractivity contribution in [2.75, 3.05) is 26.9 Å². The van der Waals surface area contributed by atoms with Crippen molar-refractivity contribution in [3.63, 3.8) is 0 Å². The highest BCUT2D eigenvalue weighted by atomic mass is 16.5. The molecule has 0 amide bonds. The summed E-state index contributed by atoms with van der Waals surface area (Å²) in [6.07, 6.45) is 5.04. The minimum absolute atomic E-state index is 0.0465. The Bertz CT molecular complexity index is 522. The van der Waals surface area contributed by atoms with Gasteiger partial charge in [-0.1, -0.05) is 39.7 Å².